The lowest BCUT2D eigenvalue weighted by molar-refractivity contribution is 0.0154. The van der Waals surface area contributed by atoms with Gasteiger partial charge in [-0.05, 0) is 33.6 Å². The van der Waals surface area contributed by atoms with E-state index in [1.165, 1.54) is 10.6 Å². The van der Waals surface area contributed by atoms with E-state index >= 15 is 4.39 Å². The van der Waals surface area contributed by atoms with Gasteiger partial charge in [0.05, 0.1) is 24.0 Å². The summed E-state index contributed by atoms with van der Waals surface area (Å²) in [7, 11) is 0. The SMILES string of the molecule is CC(C)Oc1c(NC(=O)c2coc(C(F)F)n2)cn2cc(C34COC(C)(C3)C4)nc2c1F. The van der Waals surface area contributed by atoms with Crippen LogP contribution in [0.4, 0.5) is 18.9 Å². The molecule has 0 unspecified atom stereocenters. The molecule has 0 radical (unpaired) electrons. The predicted molar refractivity (Wildman–Crippen MR) is 106 cm³/mol. The monoisotopic (exact) mass is 450 g/mol. The summed E-state index contributed by atoms with van der Waals surface area (Å²) in [6.45, 7) is 5.98. The first-order valence-corrected chi connectivity index (χ1v) is 10.2. The molecular weight excluding hydrogens is 429 g/mol. The van der Waals surface area contributed by atoms with Crippen molar-refractivity contribution in [2.45, 2.75) is 57.2 Å². The Morgan fingerprint density at radius 1 is 1.28 bits per heavy atom. The van der Waals surface area contributed by atoms with Gasteiger partial charge >= 0.3 is 6.43 Å². The number of hydrogen-bond donors (Lipinski definition) is 1. The van der Waals surface area contributed by atoms with E-state index in [4.69, 9.17) is 9.47 Å². The van der Waals surface area contributed by atoms with E-state index in [1.54, 1.807) is 20.0 Å². The third kappa shape index (κ3) is 3.22. The Hall–Kier alpha value is -3.08. The molecule has 0 aromatic carbocycles. The Labute approximate surface area is 180 Å². The summed E-state index contributed by atoms with van der Waals surface area (Å²) in [6.07, 6.45) is 2.27. The van der Waals surface area contributed by atoms with Crippen LogP contribution in [0.3, 0.4) is 0 Å². The number of imidazole rings is 1. The lowest BCUT2D eigenvalue weighted by atomic mass is 9.62. The number of aromatic nitrogens is 3. The van der Waals surface area contributed by atoms with Gasteiger partial charge in [-0.3, -0.25) is 4.79 Å². The predicted octanol–water partition coefficient (Wildman–Crippen LogP) is 4.26. The number of hydrogen-bond acceptors (Lipinski definition) is 6. The van der Waals surface area contributed by atoms with Crippen molar-refractivity contribution in [2.75, 3.05) is 11.9 Å². The van der Waals surface area contributed by atoms with Crippen molar-refractivity contribution >= 4 is 17.2 Å². The van der Waals surface area contributed by atoms with Crippen LogP contribution in [0.15, 0.2) is 23.1 Å². The fraction of sp³-hybridized carbons (Fsp3) is 0.476. The molecule has 2 aliphatic heterocycles. The first kappa shape index (κ1) is 20.8. The molecule has 2 bridgehead atoms. The maximum atomic E-state index is 15.4. The van der Waals surface area contributed by atoms with Crippen molar-refractivity contribution in [3.8, 4) is 5.75 Å². The first-order valence-electron chi connectivity index (χ1n) is 10.2. The highest BCUT2D eigenvalue weighted by Crippen LogP contribution is 2.58. The molecule has 6 rings (SSSR count). The number of carbonyl (C=O) groups excluding carboxylic acids is 1. The van der Waals surface area contributed by atoms with E-state index < -0.39 is 30.1 Å². The van der Waals surface area contributed by atoms with E-state index in [9.17, 15) is 13.6 Å². The summed E-state index contributed by atoms with van der Waals surface area (Å²) >= 11 is 0. The third-order valence-electron chi connectivity index (χ3n) is 5.85. The number of rotatable bonds is 6. The Morgan fingerprint density at radius 2 is 2.03 bits per heavy atom. The molecule has 2 saturated heterocycles. The highest BCUT2D eigenvalue weighted by atomic mass is 19.3. The van der Waals surface area contributed by atoms with Crippen LogP contribution in [0.2, 0.25) is 0 Å². The summed E-state index contributed by atoms with van der Waals surface area (Å²) in [5.74, 6) is -2.66. The van der Waals surface area contributed by atoms with Gasteiger partial charge in [-0.15, -0.1) is 0 Å². The van der Waals surface area contributed by atoms with Crippen LogP contribution in [0.1, 0.15) is 62.1 Å². The van der Waals surface area contributed by atoms with Crippen molar-refractivity contribution in [2.24, 2.45) is 0 Å². The van der Waals surface area contributed by atoms with Crippen LogP contribution in [-0.2, 0) is 10.2 Å². The van der Waals surface area contributed by atoms with E-state index in [-0.39, 0.29) is 33.8 Å². The van der Waals surface area contributed by atoms with E-state index in [1.807, 2.05) is 6.92 Å². The summed E-state index contributed by atoms with van der Waals surface area (Å²) < 4.78 is 58.4. The zero-order chi connectivity index (χ0) is 22.8. The second-order valence-corrected chi connectivity index (χ2v) is 8.91. The van der Waals surface area contributed by atoms with Crippen molar-refractivity contribution in [1.29, 1.82) is 0 Å². The fourth-order valence-electron chi connectivity index (χ4n) is 4.60. The molecule has 3 fully saturated rings. The zero-order valence-electron chi connectivity index (χ0n) is 17.6. The summed E-state index contributed by atoms with van der Waals surface area (Å²) in [6, 6.07) is 0. The smallest absolute Gasteiger partial charge is 0.313 e. The van der Waals surface area contributed by atoms with Crippen molar-refractivity contribution in [3.63, 3.8) is 0 Å². The molecular formula is C21H21F3N4O4. The number of anilines is 1. The molecule has 3 aromatic rings. The van der Waals surface area contributed by atoms with Crippen LogP contribution in [0.25, 0.3) is 5.65 Å². The Balaban J connectivity index is 1.52. The Morgan fingerprint density at radius 3 is 2.62 bits per heavy atom. The average molecular weight is 450 g/mol. The zero-order valence-corrected chi connectivity index (χ0v) is 17.6. The van der Waals surface area contributed by atoms with Crippen LogP contribution in [0, 0.1) is 5.82 Å². The second-order valence-electron chi connectivity index (χ2n) is 8.91. The highest BCUT2D eigenvalue weighted by Gasteiger charge is 2.61. The van der Waals surface area contributed by atoms with Gasteiger partial charge in [-0.1, -0.05) is 0 Å². The fourth-order valence-corrected chi connectivity index (χ4v) is 4.60. The number of carbonyl (C=O) groups is 1. The minimum Gasteiger partial charge on any atom is -0.486 e. The van der Waals surface area contributed by atoms with Gasteiger partial charge in [-0.25, -0.2) is 9.97 Å². The standard InChI is InChI=1S/C21H21F3N4O4/c1-10(2)32-15-11(25-18(29)12-6-30-19(26-12)16(23)24)4-28-5-13(27-17(28)14(15)22)21-7-20(3,8-21)31-9-21/h4-6,10,16H,7-9H2,1-3H3,(H,25,29). The molecule has 1 saturated carbocycles. The molecule has 32 heavy (non-hydrogen) atoms. The number of alkyl halides is 2. The molecule has 5 heterocycles. The maximum absolute atomic E-state index is 15.4. The van der Waals surface area contributed by atoms with Crippen molar-refractivity contribution in [3.05, 3.63) is 41.8 Å². The van der Waals surface area contributed by atoms with E-state index in [0.29, 0.717) is 12.3 Å². The molecule has 170 valence electrons. The Kier molecular flexibility index (Phi) is 4.52. The molecule has 3 aliphatic rings. The quantitative estimate of drug-likeness (QED) is 0.604. The number of oxazole rings is 1. The largest absolute Gasteiger partial charge is 0.486 e. The minimum atomic E-state index is -2.96. The lowest BCUT2D eigenvalue weighted by Crippen LogP contribution is -2.45. The number of pyridine rings is 1. The summed E-state index contributed by atoms with van der Waals surface area (Å²) in [5, 5.41) is 2.48. The number of nitrogens with one attached hydrogen (secondary N) is 1. The first-order chi connectivity index (χ1) is 15.1. The van der Waals surface area contributed by atoms with Gasteiger partial charge < -0.3 is 23.6 Å². The van der Waals surface area contributed by atoms with Gasteiger partial charge in [0, 0.05) is 17.8 Å². The molecule has 11 heteroatoms. The number of halogens is 3. The second kappa shape index (κ2) is 6.96. The summed E-state index contributed by atoms with van der Waals surface area (Å²) in [4.78, 5) is 20.5. The Bertz CT molecular complexity index is 1210. The molecule has 8 nitrogen and oxygen atoms in total. The van der Waals surface area contributed by atoms with Gasteiger partial charge in [0.25, 0.3) is 11.8 Å². The topological polar surface area (TPSA) is 90.9 Å². The number of ether oxygens (including phenoxy) is 2. The molecule has 3 aromatic heterocycles. The maximum Gasteiger partial charge on any atom is 0.313 e. The molecule has 1 aliphatic carbocycles. The van der Waals surface area contributed by atoms with Gasteiger partial charge in [0.15, 0.2) is 17.1 Å². The van der Waals surface area contributed by atoms with Crippen molar-refractivity contribution in [1.82, 2.24) is 14.4 Å². The normalized spacial score (nSPS) is 24.4. The van der Waals surface area contributed by atoms with Crippen LogP contribution in [0.5, 0.6) is 5.75 Å². The molecule has 1 amide bonds. The average Bonchev–Trinajstić information content (AvgIpc) is 3.45. The van der Waals surface area contributed by atoms with Crippen molar-refractivity contribution < 1.29 is 31.9 Å². The van der Waals surface area contributed by atoms with Crippen LogP contribution in [-0.4, -0.2) is 38.6 Å². The lowest BCUT2D eigenvalue weighted by Gasteiger charge is -2.41. The summed E-state index contributed by atoms with van der Waals surface area (Å²) in [5.41, 5.74) is 0.0143. The minimum absolute atomic E-state index is 0.0119. The molecule has 1 N–H and O–H groups in total. The number of fused-ring (bicyclic) bond motifs is 2. The number of amides is 1. The van der Waals surface area contributed by atoms with Gasteiger partial charge in [0.2, 0.25) is 5.82 Å². The van der Waals surface area contributed by atoms with E-state index in [0.717, 1.165) is 19.1 Å². The van der Waals surface area contributed by atoms with E-state index in [2.05, 4.69) is 19.7 Å². The van der Waals surface area contributed by atoms with Crippen LogP contribution >= 0.6 is 0 Å². The number of nitrogens with zero attached hydrogens (tertiary/aromatic N) is 3. The van der Waals surface area contributed by atoms with Crippen LogP contribution < -0.4 is 10.1 Å². The third-order valence-corrected chi connectivity index (χ3v) is 5.85. The highest BCUT2D eigenvalue weighted by molar-refractivity contribution is 6.03. The van der Waals surface area contributed by atoms with Gasteiger partial charge in [0.1, 0.15) is 12.0 Å². The van der Waals surface area contributed by atoms with Gasteiger partial charge in [-0.2, -0.15) is 13.2 Å². The molecule has 0 spiro atoms. The molecule has 0 atom stereocenters.